The Kier molecular flexibility index (Phi) is 5.20. The van der Waals surface area contributed by atoms with E-state index < -0.39 is 0 Å². The van der Waals surface area contributed by atoms with E-state index >= 15 is 0 Å². The van der Waals surface area contributed by atoms with Crippen molar-refractivity contribution in [2.24, 2.45) is 5.92 Å². The summed E-state index contributed by atoms with van der Waals surface area (Å²) in [7, 11) is 0. The Hall–Kier alpha value is -0.570. The molecule has 1 saturated heterocycles. The monoisotopic (exact) mass is 306 g/mol. The summed E-state index contributed by atoms with van der Waals surface area (Å²) in [6.45, 7) is 6.72. The summed E-state index contributed by atoms with van der Waals surface area (Å²) in [6, 6.07) is 7.27. The summed E-state index contributed by atoms with van der Waals surface area (Å²) in [5, 5.41) is 4.43. The van der Waals surface area contributed by atoms with E-state index in [1.807, 2.05) is 0 Å². The van der Waals surface area contributed by atoms with E-state index in [1.54, 1.807) is 0 Å². The van der Waals surface area contributed by atoms with Gasteiger partial charge < -0.3 is 5.32 Å². The zero-order valence-electron chi connectivity index (χ0n) is 13.1. The molecule has 0 radical (unpaired) electrons. The normalized spacial score (nSPS) is 23.3. The minimum atomic E-state index is 0.767. The summed E-state index contributed by atoms with van der Waals surface area (Å²) in [5.41, 5.74) is 2.54. The molecular weight excluding hydrogens is 280 g/mol. The first-order valence-corrected chi connectivity index (χ1v) is 8.80. The maximum absolute atomic E-state index is 6.46. The molecule has 1 heterocycles. The summed E-state index contributed by atoms with van der Waals surface area (Å²) in [6.07, 6.45) is 6.84. The summed E-state index contributed by atoms with van der Waals surface area (Å²) < 4.78 is 0. The third-order valence-corrected chi connectivity index (χ3v) is 5.43. The predicted octanol–water partition coefficient (Wildman–Crippen LogP) is 4.00. The van der Waals surface area contributed by atoms with Crippen molar-refractivity contribution in [3.63, 3.8) is 0 Å². The first-order valence-electron chi connectivity index (χ1n) is 8.42. The van der Waals surface area contributed by atoms with Crippen LogP contribution in [-0.4, -0.2) is 30.6 Å². The van der Waals surface area contributed by atoms with Crippen LogP contribution in [0.4, 0.5) is 0 Å². The fourth-order valence-electron chi connectivity index (χ4n) is 3.81. The number of nitrogens with one attached hydrogen (secondary N) is 1. The van der Waals surface area contributed by atoms with Gasteiger partial charge in [-0.2, -0.15) is 0 Å². The van der Waals surface area contributed by atoms with Crippen molar-refractivity contribution in [2.45, 2.75) is 51.6 Å². The van der Waals surface area contributed by atoms with Crippen LogP contribution < -0.4 is 5.32 Å². The van der Waals surface area contributed by atoms with Gasteiger partial charge in [-0.3, -0.25) is 4.90 Å². The van der Waals surface area contributed by atoms with Crippen molar-refractivity contribution < 1.29 is 0 Å². The number of nitrogens with zero attached hydrogens (tertiary/aromatic N) is 1. The van der Waals surface area contributed by atoms with E-state index in [2.05, 4.69) is 35.3 Å². The average Bonchev–Trinajstić information content (AvgIpc) is 3.13. The molecule has 1 unspecified atom stereocenters. The fraction of sp³-hybridized carbons (Fsp3) is 0.667. The number of halogens is 1. The Bertz CT molecular complexity index is 462. The Morgan fingerprint density at radius 1 is 1.24 bits per heavy atom. The van der Waals surface area contributed by atoms with E-state index in [-0.39, 0.29) is 0 Å². The maximum atomic E-state index is 6.46. The van der Waals surface area contributed by atoms with Gasteiger partial charge in [-0.15, -0.1) is 0 Å². The molecule has 0 spiro atoms. The maximum Gasteiger partial charge on any atom is 0.0453 e. The molecule has 0 bridgehead atoms. The second-order valence-electron chi connectivity index (χ2n) is 6.82. The molecule has 1 atom stereocenters. The van der Waals surface area contributed by atoms with E-state index in [9.17, 15) is 0 Å². The van der Waals surface area contributed by atoms with Crippen LogP contribution in [0.25, 0.3) is 0 Å². The Morgan fingerprint density at radius 3 is 2.71 bits per heavy atom. The molecule has 1 aliphatic carbocycles. The average molecular weight is 307 g/mol. The van der Waals surface area contributed by atoms with Crippen LogP contribution in [0.3, 0.4) is 0 Å². The highest BCUT2D eigenvalue weighted by atomic mass is 35.5. The fourth-order valence-corrected chi connectivity index (χ4v) is 4.11. The van der Waals surface area contributed by atoms with Crippen molar-refractivity contribution in [3.05, 3.63) is 34.3 Å². The Labute approximate surface area is 133 Å². The quantitative estimate of drug-likeness (QED) is 0.884. The van der Waals surface area contributed by atoms with Gasteiger partial charge in [-0.05, 0) is 62.4 Å². The van der Waals surface area contributed by atoms with E-state index in [1.165, 1.54) is 62.9 Å². The molecule has 1 aliphatic heterocycles. The molecule has 3 rings (SSSR count). The van der Waals surface area contributed by atoms with Crippen LogP contribution in [0, 0.1) is 12.8 Å². The van der Waals surface area contributed by atoms with Crippen LogP contribution in [-0.2, 0) is 6.54 Å². The van der Waals surface area contributed by atoms with Gasteiger partial charge in [0.05, 0.1) is 0 Å². The van der Waals surface area contributed by atoms with Crippen molar-refractivity contribution in [1.29, 1.82) is 0 Å². The first-order chi connectivity index (χ1) is 10.2. The highest BCUT2D eigenvalue weighted by molar-refractivity contribution is 6.31. The van der Waals surface area contributed by atoms with Crippen molar-refractivity contribution >= 4 is 11.6 Å². The van der Waals surface area contributed by atoms with Gasteiger partial charge in [0.15, 0.2) is 0 Å². The highest BCUT2D eigenvalue weighted by Crippen LogP contribution is 2.28. The van der Waals surface area contributed by atoms with Gasteiger partial charge in [0.2, 0.25) is 0 Å². The zero-order chi connectivity index (χ0) is 14.7. The third-order valence-electron chi connectivity index (χ3n) is 5.08. The highest BCUT2D eigenvalue weighted by Gasteiger charge is 2.26. The number of rotatable bonds is 5. The molecule has 21 heavy (non-hydrogen) atoms. The second kappa shape index (κ2) is 7.13. The van der Waals surface area contributed by atoms with Crippen molar-refractivity contribution in [2.75, 3.05) is 19.6 Å². The number of aryl methyl sites for hydroxylation is 1. The van der Waals surface area contributed by atoms with Gasteiger partial charge in [-0.1, -0.05) is 36.6 Å². The number of hydrogen-bond donors (Lipinski definition) is 1. The smallest absolute Gasteiger partial charge is 0.0453 e. The standard InChI is InChI=1S/C18H27ClN2/c1-14-6-7-16(18(19)10-14)13-21(17-4-2-3-5-17)12-15-8-9-20-11-15/h6-7,10,15,17,20H,2-5,8-9,11-13H2,1H3. The molecule has 2 fully saturated rings. The second-order valence-corrected chi connectivity index (χ2v) is 7.23. The number of hydrogen-bond acceptors (Lipinski definition) is 2. The zero-order valence-corrected chi connectivity index (χ0v) is 13.8. The first kappa shape index (κ1) is 15.3. The van der Waals surface area contributed by atoms with Gasteiger partial charge in [0, 0.05) is 24.2 Å². The van der Waals surface area contributed by atoms with E-state index in [0.29, 0.717) is 0 Å². The largest absolute Gasteiger partial charge is 0.316 e. The van der Waals surface area contributed by atoms with E-state index in [0.717, 1.165) is 23.5 Å². The lowest BCUT2D eigenvalue weighted by atomic mass is 10.0. The van der Waals surface area contributed by atoms with Crippen LogP contribution in [0.15, 0.2) is 18.2 Å². The molecule has 1 saturated carbocycles. The lowest BCUT2D eigenvalue weighted by molar-refractivity contribution is 0.164. The van der Waals surface area contributed by atoms with Crippen LogP contribution in [0.1, 0.15) is 43.2 Å². The molecule has 2 nitrogen and oxygen atoms in total. The van der Waals surface area contributed by atoms with Gasteiger partial charge in [0.1, 0.15) is 0 Å². The van der Waals surface area contributed by atoms with E-state index in [4.69, 9.17) is 11.6 Å². The lowest BCUT2D eigenvalue weighted by Crippen LogP contribution is -2.37. The summed E-state index contributed by atoms with van der Waals surface area (Å²) >= 11 is 6.46. The predicted molar refractivity (Wildman–Crippen MR) is 89.8 cm³/mol. The molecule has 3 heteroatoms. The third kappa shape index (κ3) is 4.00. The molecule has 1 aromatic rings. The summed E-state index contributed by atoms with van der Waals surface area (Å²) in [4.78, 5) is 2.71. The van der Waals surface area contributed by atoms with Crippen molar-refractivity contribution in [3.8, 4) is 0 Å². The molecule has 1 aromatic carbocycles. The molecular formula is C18H27ClN2. The van der Waals surface area contributed by atoms with Gasteiger partial charge in [-0.25, -0.2) is 0 Å². The number of benzene rings is 1. The summed E-state index contributed by atoms with van der Waals surface area (Å²) in [5.74, 6) is 0.815. The SMILES string of the molecule is Cc1ccc(CN(CC2CCNC2)C2CCCC2)c(Cl)c1. The van der Waals surface area contributed by atoms with Crippen LogP contribution in [0.2, 0.25) is 5.02 Å². The van der Waals surface area contributed by atoms with Crippen LogP contribution in [0.5, 0.6) is 0 Å². The molecule has 0 amide bonds. The minimum absolute atomic E-state index is 0.767. The topological polar surface area (TPSA) is 15.3 Å². The molecule has 2 aliphatic rings. The van der Waals surface area contributed by atoms with Gasteiger partial charge >= 0.3 is 0 Å². The molecule has 116 valence electrons. The van der Waals surface area contributed by atoms with Crippen molar-refractivity contribution in [1.82, 2.24) is 10.2 Å². The minimum Gasteiger partial charge on any atom is -0.316 e. The molecule has 0 aromatic heterocycles. The van der Waals surface area contributed by atoms with Gasteiger partial charge in [0.25, 0.3) is 0 Å². The Morgan fingerprint density at radius 2 is 2.05 bits per heavy atom. The van der Waals surface area contributed by atoms with Crippen LogP contribution >= 0.6 is 11.6 Å². The lowest BCUT2D eigenvalue weighted by Gasteiger charge is -2.31. The molecule has 1 N–H and O–H groups in total. The Balaban J connectivity index is 1.70.